The summed E-state index contributed by atoms with van der Waals surface area (Å²) in [5, 5.41) is 8.75. The molecule has 0 saturated carbocycles. The number of nitriles is 1. The fourth-order valence-corrected chi connectivity index (χ4v) is 1.38. The number of aryl methyl sites for hydroxylation is 1. The SMILES string of the molecule is CC(C)CCCn1cccc1C#N. The Hall–Kier alpha value is -1.23. The molecule has 0 aromatic carbocycles. The molecule has 0 saturated heterocycles. The molecule has 0 bridgehead atoms. The van der Waals surface area contributed by atoms with Crippen molar-refractivity contribution in [2.24, 2.45) is 5.92 Å². The molecule has 2 nitrogen and oxygen atoms in total. The smallest absolute Gasteiger partial charge is 0.120 e. The lowest BCUT2D eigenvalue weighted by Crippen LogP contribution is -2.00. The van der Waals surface area contributed by atoms with E-state index in [9.17, 15) is 0 Å². The van der Waals surface area contributed by atoms with Crippen molar-refractivity contribution in [3.05, 3.63) is 24.0 Å². The van der Waals surface area contributed by atoms with Crippen LogP contribution < -0.4 is 0 Å². The number of aromatic nitrogens is 1. The maximum atomic E-state index is 8.75. The zero-order valence-corrected chi connectivity index (χ0v) is 8.33. The van der Waals surface area contributed by atoms with Crippen LogP contribution in [0.15, 0.2) is 18.3 Å². The lowest BCUT2D eigenvalue weighted by atomic mass is 10.1. The Morgan fingerprint density at radius 1 is 1.54 bits per heavy atom. The van der Waals surface area contributed by atoms with E-state index in [-0.39, 0.29) is 0 Å². The second-order valence-corrected chi connectivity index (χ2v) is 3.73. The van der Waals surface area contributed by atoms with Crippen molar-refractivity contribution in [1.29, 1.82) is 5.26 Å². The third kappa shape index (κ3) is 2.95. The first kappa shape index (κ1) is 9.85. The Bertz CT molecular complexity index is 291. The maximum absolute atomic E-state index is 8.75. The quantitative estimate of drug-likeness (QED) is 0.693. The molecule has 0 spiro atoms. The van der Waals surface area contributed by atoms with Gasteiger partial charge in [-0.05, 0) is 30.9 Å². The van der Waals surface area contributed by atoms with Crippen molar-refractivity contribution in [3.63, 3.8) is 0 Å². The third-order valence-electron chi connectivity index (χ3n) is 2.12. The first-order valence-corrected chi connectivity index (χ1v) is 4.79. The number of hydrogen-bond donors (Lipinski definition) is 0. The van der Waals surface area contributed by atoms with E-state index >= 15 is 0 Å². The van der Waals surface area contributed by atoms with E-state index in [0.29, 0.717) is 0 Å². The monoisotopic (exact) mass is 176 g/mol. The molecular formula is C11H16N2. The Balaban J connectivity index is 2.41. The van der Waals surface area contributed by atoms with E-state index in [4.69, 9.17) is 5.26 Å². The van der Waals surface area contributed by atoms with Gasteiger partial charge >= 0.3 is 0 Å². The number of rotatable bonds is 4. The predicted octanol–water partition coefficient (Wildman–Crippen LogP) is 2.80. The largest absolute Gasteiger partial charge is 0.339 e. The van der Waals surface area contributed by atoms with Crippen molar-refractivity contribution in [3.8, 4) is 6.07 Å². The highest BCUT2D eigenvalue weighted by atomic mass is 15.0. The molecule has 1 heterocycles. The van der Waals surface area contributed by atoms with E-state index in [1.54, 1.807) is 0 Å². The zero-order valence-electron chi connectivity index (χ0n) is 8.33. The molecule has 2 heteroatoms. The molecule has 1 aromatic rings. The zero-order chi connectivity index (χ0) is 9.68. The average Bonchev–Trinajstić information content (AvgIpc) is 2.51. The summed E-state index contributed by atoms with van der Waals surface area (Å²) in [6, 6.07) is 5.96. The van der Waals surface area contributed by atoms with Gasteiger partial charge in [0.05, 0.1) is 0 Å². The normalized spacial score (nSPS) is 10.3. The predicted molar refractivity (Wildman–Crippen MR) is 53.2 cm³/mol. The van der Waals surface area contributed by atoms with Gasteiger partial charge in [-0.15, -0.1) is 0 Å². The molecule has 0 aliphatic carbocycles. The summed E-state index contributed by atoms with van der Waals surface area (Å²) < 4.78 is 2.02. The van der Waals surface area contributed by atoms with E-state index in [2.05, 4.69) is 19.9 Å². The van der Waals surface area contributed by atoms with Gasteiger partial charge in [0.25, 0.3) is 0 Å². The first-order chi connectivity index (χ1) is 6.24. The van der Waals surface area contributed by atoms with Crippen molar-refractivity contribution in [2.45, 2.75) is 33.2 Å². The summed E-state index contributed by atoms with van der Waals surface area (Å²) in [6.45, 7) is 5.41. The van der Waals surface area contributed by atoms with Gasteiger partial charge in [-0.3, -0.25) is 0 Å². The van der Waals surface area contributed by atoms with Crippen molar-refractivity contribution >= 4 is 0 Å². The summed E-state index contributed by atoms with van der Waals surface area (Å²) in [7, 11) is 0. The molecule has 1 aromatic heterocycles. The second kappa shape index (κ2) is 4.71. The number of nitrogens with zero attached hydrogens (tertiary/aromatic N) is 2. The average molecular weight is 176 g/mol. The second-order valence-electron chi connectivity index (χ2n) is 3.73. The van der Waals surface area contributed by atoms with Gasteiger partial charge in [-0.25, -0.2) is 0 Å². The Kier molecular flexibility index (Phi) is 3.57. The van der Waals surface area contributed by atoms with Crippen LogP contribution in [-0.2, 0) is 6.54 Å². The minimum Gasteiger partial charge on any atom is -0.339 e. The molecule has 13 heavy (non-hydrogen) atoms. The Morgan fingerprint density at radius 2 is 2.31 bits per heavy atom. The fraction of sp³-hybridized carbons (Fsp3) is 0.545. The molecule has 0 amide bonds. The molecule has 0 aliphatic rings. The van der Waals surface area contributed by atoms with Gasteiger partial charge in [0.2, 0.25) is 0 Å². The molecule has 0 atom stereocenters. The van der Waals surface area contributed by atoms with Crippen LogP contribution in [0.2, 0.25) is 0 Å². The molecule has 0 aliphatic heterocycles. The molecule has 70 valence electrons. The molecule has 0 radical (unpaired) electrons. The van der Waals surface area contributed by atoms with Gasteiger partial charge in [-0.2, -0.15) is 5.26 Å². The first-order valence-electron chi connectivity index (χ1n) is 4.79. The topological polar surface area (TPSA) is 28.7 Å². The van der Waals surface area contributed by atoms with Gasteiger partial charge < -0.3 is 4.57 Å². The minimum atomic E-state index is 0.751. The van der Waals surface area contributed by atoms with Crippen molar-refractivity contribution in [2.75, 3.05) is 0 Å². The van der Waals surface area contributed by atoms with Crippen LogP contribution in [0.3, 0.4) is 0 Å². The molecule has 0 unspecified atom stereocenters. The van der Waals surface area contributed by atoms with Crippen LogP contribution in [-0.4, -0.2) is 4.57 Å². The highest BCUT2D eigenvalue weighted by Crippen LogP contribution is 2.07. The summed E-state index contributed by atoms with van der Waals surface area (Å²) in [5.74, 6) is 0.751. The molecule has 0 N–H and O–H groups in total. The van der Waals surface area contributed by atoms with Crippen LogP contribution in [0, 0.1) is 17.2 Å². The molecule has 1 rings (SSSR count). The summed E-state index contributed by atoms with van der Waals surface area (Å²) in [4.78, 5) is 0. The van der Waals surface area contributed by atoms with Crippen LogP contribution in [0.5, 0.6) is 0 Å². The highest BCUT2D eigenvalue weighted by molar-refractivity contribution is 5.21. The van der Waals surface area contributed by atoms with E-state index in [1.165, 1.54) is 6.42 Å². The van der Waals surface area contributed by atoms with Gasteiger partial charge in [0.1, 0.15) is 11.8 Å². The lowest BCUT2D eigenvalue weighted by molar-refractivity contribution is 0.511. The minimum absolute atomic E-state index is 0.751. The fourth-order valence-electron chi connectivity index (χ4n) is 1.38. The maximum Gasteiger partial charge on any atom is 0.120 e. The van der Waals surface area contributed by atoms with Gasteiger partial charge in [0.15, 0.2) is 0 Å². The van der Waals surface area contributed by atoms with E-state index in [0.717, 1.165) is 24.6 Å². The Labute approximate surface area is 79.8 Å². The molecular weight excluding hydrogens is 160 g/mol. The summed E-state index contributed by atoms with van der Waals surface area (Å²) >= 11 is 0. The third-order valence-corrected chi connectivity index (χ3v) is 2.12. The van der Waals surface area contributed by atoms with E-state index < -0.39 is 0 Å². The van der Waals surface area contributed by atoms with Gasteiger partial charge in [-0.1, -0.05) is 13.8 Å². The Morgan fingerprint density at radius 3 is 2.92 bits per heavy atom. The van der Waals surface area contributed by atoms with Crippen LogP contribution in [0.1, 0.15) is 32.4 Å². The molecule has 0 fully saturated rings. The number of hydrogen-bond acceptors (Lipinski definition) is 1. The van der Waals surface area contributed by atoms with E-state index in [1.807, 2.05) is 22.9 Å². The summed E-state index contributed by atoms with van der Waals surface area (Å²) in [6.07, 6.45) is 4.35. The van der Waals surface area contributed by atoms with Crippen LogP contribution in [0.4, 0.5) is 0 Å². The van der Waals surface area contributed by atoms with Gasteiger partial charge in [0, 0.05) is 12.7 Å². The highest BCUT2D eigenvalue weighted by Gasteiger charge is 1.99. The lowest BCUT2D eigenvalue weighted by Gasteiger charge is -2.06. The van der Waals surface area contributed by atoms with Crippen LogP contribution >= 0.6 is 0 Å². The van der Waals surface area contributed by atoms with Crippen LogP contribution in [0.25, 0.3) is 0 Å². The van der Waals surface area contributed by atoms with Crippen molar-refractivity contribution in [1.82, 2.24) is 4.57 Å². The van der Waals surface area contributed by atoms with Crippen molar-refractivity contribution < 1.29 is 0 Å². The standard InChI is InChI=1S/C11H16N2/c1-10(2)5-3-7-13-8-4-6-11(13)9-12/h4,6,8,10H,3,5,7H2,1-2H3. The summed E-state index contributed by atoms with van der Waals surface area (Å²) in [5.41, 5.74) is 0.767.